The first-order valence-electron chi connectivity index (χ1n) is 5.07. The van der Waals surface area contributed by atoms with Crippen molar-refractivity contribution in [3.63, 3.8) is 0 Å². The number of aryl methyl sites for hydroxylation is 1. The maximum atomic E-state index is 4.11. The van der Waals surface area contributed by atoms with Crippen LogP contribution in [0.1, 0.15) is 30.5 Å². The molecule has 0 unspecified atom stereocenters. The molecule has 86 valence electrons. The minimum absolute atomic E-state index is 0.423. The number of nitrogens with one attached hydrogen (secondary N) is 1. The van der Waals surface area contributed by atoms with Crippen LogP contribution in [-0.4, -0.2) is 25.2 Å². The molecule has 0 bridgehead atoms. The normalized spacial score (nSPS) is 11.0. The first-order valence-corrected chi connectivity index (χ1v) is 5.89. The quantitative estimate of drug-likeness (QED) is 0.872. The van der Waals surface area contributed by atoms with E-state index in [-0.39, 0.29) is 0 Å². The molecule has 0 saturated heterocycles. The highest BCUT2D eigenvalue weighted by atomic mass is 32.1. The standard InChI is InChI=1S/C9H14N6S/c1-6(2)8-12-13-9(16-8)10-4-7-5-11-14-15(7)3/h5-6H,4H2,1-3H3,(H,10,13). The lowest BCUT2D eigenvalue weighted by molar-refractivity contribution is 0.683. The van der Waals surface area contributed by atoms with Gasteiger partial charge in [-0.2, -0.15) is 0 Å². The first-order chi connectivity index (χ1) is 7.66. The highest BCUT2D eigenvalue weighted by Gasteiger charge is 2.07. The Hall–Kier alpha value is -1.50. The van der Waals surface area contributed by atoms with Gasteiger partial charge in [0.2, 0.25) is 5.13 Å². The van der Waals surface area contributed by atoms with Crippen LogP contribution in [0.25, 0.3) is 0 Å². The van der Waals surface area contributed by atoms with Crippen molar-refractivity contribution in [1.29, 1.82) is 0 Å². The second kappa shape index (κ2) is 4.56. The highest BCUT2D eigenvalue weighted by molar-refractivity contribution is 7.15. The summed E-state index contributed by atoms with van der Waals surface area (Å²) in [6, 6.07) is 0. The molecule has 7 heteroatoms. The average Bonchev–Trinajstić information content (AvgIpc) is 2.83. The minimum Gasteiger partial charge on any atom is -0.354 e. The summed E-state index contributed by atoms with van der Waals surface area (Å²) in [5.74, 6) is 0.423. The van der Waals surface area contributed by atoms with Crippen molar-refractivity contribution in [1.82, 2.24) is 25.2 Å². The second-order valence-electron chi connectivity index (χ2n) is 3.80. The Bertz CT molecular complexity index is 460. The van der Waals surface area contributed by atoms with Crippen LogP contribution in [0.15, 0.2) is 6.20 Å². The Balaban J connectivity index is 1.97. The third-order valence-corrected chi connectivity index (χ3v) is 3.35. The topological polar surface area (TPSA) is 68.5 Å². The molecule has 16 heavy (non-hydrogen) atoms. The summed E-state index contributed by atoms with van der Waals surface area (Å²) in [7, 11) is 1.86. The first kappa shape index (κ1) is 11.0. The van der Waals surface area contributed by atoms with Crippen LogP contribution >= 0.6 is 11.3 Å². The summed E-state index contributed by atoms with van der Waals surface area (Å²) >= 11 is 1.59. The summed E-state index contributed by atoms with van der Waals surface area (Å²) < 4.78 is 1.73. The zero-order valence-electron chi connectivity index (χ0n) is 9.51. The molecule has 2 aromatic rings. The van der Waals surface area contributed by atoms with E-state index in [1.165, 1.54) is 0 Å². The van der Waals surface area contributed by atoms with Gasteiger partial charge in [0.25, 0.3) is 0 Å². The molecule has 0 spiro atoms. The SMILES string of the molecule is CC(C)c1nnc(NCc2cnnn2C)s1. The Morgan fingerprint density at radius 3 is 2.81 bits per heavy atom. The van der Waals surface area contributed by atoms with Crippen LogP contribution < -0.4 is 5.32 Å². The van der Waals surface area contributed by atoms with Gasteiger partial charge in [0.15, 0.2) is 0 Å². The maximum Gasteiger partial charge on any atom is 0.206 e. The molecular weight excluding hydrogens is 224 g/mol. The van der Waals surface area contributed by atoms with Crippen molar-refractivity contribution in [2.45, 2.75) is 26.3 Å². The number of rotatable bonds is 4. The Kier molecular flexibility index (Phi) is 3.14. The summed E-state index contributed by atoms with van der Waals surface area (Å²) in [5, 5.41) is 20.9. The van der Waals surface area contributed by atoms with Crippen molar-refractivity contribution in [2.75, 3.05) is 5.32 Å². The van der Waals surface area contributed by atoms with Crippen molar-refractivity contribution in [3.05, 3.63) is 16.9 Å². The monoisotopic (exact) mass is 238 g/mol. The van der Waals surface area contributed by atoms with E-state index >= 15 is 0 Å². The average molecular weight is 238 g/mol. The zero-order valence-corrected chi connectivity index (χ0v) is 10.3. The van der Waals surface area contributed by atoms with Crippen LogP contribution in [0.5, 0.6) is 0 Å². The Morgan fingerprint density at radius 2 is 2.25 bits per heavy atom. The van der Waals surface area contributed by atoms with Crippen LogP contribution in [-0.2, 0) is 13.6 Å². The van der Waals surface area contributed by atoms with E-state index in [1.54, 1.807) is 22.2 Å². The fourth-order valence-corrected chi connectivity index (χ4v) is 1.92. The summed E-state index contributed by atoms with van der Waals surface area (Å²) in [5.41, 5.74) is 1.02. The largest absolute Gasteiger partial charge is 0.354 e. The van der Waals surface area contributed by atoms with Crippen molar-refractivity contribution >= 4 is 16.5 Å². The van der Waals surface area contributed by atoms with Crippen LogP contribution in [0.2, 0.25) is 0 Å². The van der Waals surface area contributed by atoms with Gasteiger partial charge >= 0.3 is 0 Å². The molecule has 2 heterocycles. The predicted octanol–water partition coefficient (Wildman–Crippen LogP) is 1.40. The molecule has 0 radical (unpaired) electrons. The molecule has 1 N–H and O–H groups in total. The number of hydrogen-bond donors (Lipinski definition) is 1. The van der Waals surface area contributed by atoms with Gasteiger partial charge < -0.3 is 5.32 Å². The molecule has 0 atom stereocenters. The fraction of sp³-hybridized carbons (Fsp3) is 0.556. The van der Waals surface area contributed by atoms with Crippen molar-refractivity contribution in [2.24, 2.45) is 7.05 Å². The Morgan fingerprint density at radius 1 is 1.44 bits per heavy atom. The van der Waals surface area contributed by atoms with Crippen LogP contribution in [0, 0.1) is 0 Å². The van der Waals surface area contributed by atoms with E-state index in [9.17, 15) is 0 Å². The van der Waals surface area contributed by atoms with E-state index in [0.29, 0.717) is 12.5 Å². The van der Waals surface area contributed by atoms with Gasteiger partial charge in [-0.05, 0) is 0 Å². The van der Waals surface area contributed by atoms with E-state index in [1.807, 2.05) is 7.05 Å². The van der Waals surface area contributed by atoms with Gasteiger partial charge in [-0.1, -0.05) is 30.4 Å². The summed E-state index contributed by atoms with van der Waals surface area (Å²) in [6.45, 7) is 4.88. The maximum absolute atomic E-state index is 4.11. The number of nitrogens with zero attached hydrogens (tertiary/aromatic N) is 5. The van der Waals surface area contributed by atoms with Gasteiger partial charge in [-0.25, -0.2) is 0 Å². The number of aromatic nitrogens is 5. The molecule has 2 rings (SSSR count). The minimum atomic E-state index is 0.423. The third kappa shape index (κ3) is 2.35. The number of anilines is 1. The van der Waals surface area contributed by atoms with E-state index in [0.717, 1.165) is 15.8 Å². The highest BCUT2D eigenvalue weighted by Crippen LogP contribution is 2.22. The van der Waals surface area contributed by atoms with Gasteiger partial charge in [0.1, 0.15) is 5.01 Å². The molecule has 0 saturated carbocycles. The van der Waals surface area contributed by atoms with E-state index in [4.69, 9.17) is 0 Å². The smallest absolute Gasteiger partial charge is 0.206 e. The van der Waals surface area contributed by atoms with Crippen molar-refractivity contribution < 1.29 is 0 Å². The van der Waals surface area contributed by atoms with Crippen LogP contribution in [0.4, 0.5) is 5.13 Å². The van der Waals surface area contributed by atoms with E-state index < -0.39 is 0 Å². The molecule has 0 aliphatic rings. The third-order valence-electron chi connectivity index (χ3n) is 2.16. The molecular formula is C9H14N6S. The Labute approximate surface area is 97.7 Å². The molecule has 0 aliphatic heterocycles. The molecule has 0 aliphatic carbocycles. The lowest BCUT2D eigenvalue weighted by atomic mass is 10.2. The molecule has 0 amide bonds. The van der Waals surface area contributed by atoms with Gasteiger partial charge in [-0.15, -0.1) is 15.3 Å². The lowest BCUT2D eigenvalue weighted by Gasteiger charge is -2.00. The molecule has 6 nitrogen and oxygen atoms in total. The van der Waals surface area contributed by atoms with Gasteiger partial charge in [0.05, 0.1) is 18.4 Å². The van der Waals surface area contributed by atoms with Gasteiger partial charge in [0, 0.05) is 13.0 Å². The molecule has 0 fully saturated rings. The molecule has 2 aromatic heterocycles. The molecule has 0 aromatic carbocycles. The van der Waals surface area contributed by atoms with Gasteiger partial charge in [-0.3, -0.25) is 4.68 Å². The van der Waals surface area contributed by atoms with Crippen molar-refractivity contribution in [3.8, 4) is 0 Å². The fourth-order valence-electron chi connectivity index (χ4n) is 1.18. The predicted molar refractivity (Wildman–Crippen MR) is 62.3 cm³/mol. The lowest BCUT2D eigenvalue weighted by Crippen LogP contribution is -2.05. The van der Waals surface area contributed by atoms with Crippen LogP contribution in [0.3, 0.4) is 0 Å². The second-order valence-corrected chi connectivity index (χ2v) is 4.81. The zero-order chi connectivity index (χ0) is 11.5. The number of hydrogen-bond acceptors (Lipinski definition) is 6. The summed E-state index contributed by atoms with van der Waals surface area (Å²) in [4.78, 5) is 0. The van der Waals surface area contributed by atoms with E-state index in [2.05, 4.69) is 39.7 Å². The summed E-state index contributed by atoms with van der Waals surface area (Å²) in [6.07, 6.45) is 1.73.